The minimum atomic E-state index is -0.421. The van der Waals surface area contributed by atoms with Crippen LogP contribution >= 0.6 is 11.3 Å². The van der Waals surface area contributed by atoms with Crippen molar-refractivity contribution in [3.63, 3.8) is 0 Å². The molecule has 10 heteroatoms. The molecule has 0 radical (unpaired) electrons. The van der Waals surface area contributed by atoms with E-state index < -0.39 is 4.92 Å². The molecule has 7 rings (SSSR count). The number of hydrogen-bond acceptors (Lipinski definition) is 8. The molecule has 5 aromatic rings. The lowest BCUT2D eigenvalue weighted by molar-refractivity contribution is -0.384. The van der Waals surface area contributed by atoms with Gasteiger partial charge in [0, 0.05) is 29.3 Å². The Bertz CT molecular complexity index is 2190. The lowest BCUT2D eigenvalue weighted by Gasteiger charge is -2.31. The van der Waals surface area contributed by atoms with Gasteiger partial charge in [0.15, 0.2) is 16.3 Å². The molecule has 0 spiro atoms. The smallest absolute Gasteiger partial charge is 0.271 e. The third kappa shape index (κ3) is 4.55. The number of methoxy groups -OCH3 is 2. The molecule has 3 heterocycles. The number of non-ortho nitro benzene ring substituents is 1. The van der Waals surface area contributed by atoms with Gasteiger partial charge in [-0.25, -0.2) is 4.99 Å². The number of nitrogens with zero attached hydrogens (tertiary/aromatic N) is 3. The fraction of sp³-hybridized carbons (Fsp3) is 0.176. The number of hydrogen-bond donors (Lipinski definition) is 0. The van der Waals surface area contributed by atoms with Gasteiger partial charge in [-0.05, 0) is 72.4 Å². The Morgan fingerprint density at radius 2 is 1.82 bits per heavy atom. The molecule has 0 saturated heterocycles. The lowest BCUT2D eigenvalue weighted by atomic mass is 9.83. The van der Waals surface area contributed by atoms with E-state index in [0.717, 1.165) is 46.4 Å². The largest absolute Gasteiger partial charge is 0.493 e. The van der Waals surface area contributed by atoms with Crippen LogP contribution in [0.5, 0.6) is 11.5 Å². The van der Waals surface area contributed by atoms with Gasteiger partial charge in [-0.1, -0.05) is 41.7 Å². The second-order valence-electron chi connectivity index (χ2n) is 10.7. The fourth-order valence-corrected chi connectivity index (χ4v) is 7.07. The molecule has 1 aliphatic heterocycles. The van der Waals surface area contributed by atoms with Crippen LogP contribution in [0.2, 0.25) is 0 Å². The van der Waals surface area contributed by atoms with E-state index in [1.807, 2.05) is 30.3 Å². The predicted molar refractivity (Wildman–Crippen MR) is 168 cm³/mol. The second-order valence-corrected chi connectivity index (χ2v) is 11.7. The Hall–Kier alpha value is -5.22. The number of fused-ring (bicyclic) bond motifs is 3. The highest BCUT2D eigenvalue weighted by atomic mass is 32.1. The standard InChI is InChI=1S/C34H27N3O6S/c1-19-16-22(37(39)40)10-13-24(19)27-15-11-23(43-27)18-30-33(38)36-32(21-9-14-28(41-2)29(17-21)42-3)26-12-8-20-6-4-5-7-25(20)31(26)35-34(36)44-30/h4-7,9-11,13-18,32H,8,12H2,1-3H3/b30-18-/t32-/m0/s1. The van der Waals surface area contributed by atoms with Gasteiger partial charge in [-0.2, -0.15) is 0 Å². The zero-order valence-electron chi connectivity index (χ0n) is 24.2. The number of allylic oxidation sites excluding steroid dienone is 1. The predicted octanol–water partition coefficient (Wildman–Crippen LogP) is 5.81. The van der Waals surface area contributed by atoms with E-state index in [2.05, 4.69) is 12.1 Å². The van der Waals surface area contributed by atoms with Crippen LogP contribution in [0.3, 0.4) is 0 Å². The summed E-state index contributed by atoms with van der Waals surface area (Å²) >= 11 is 1.32. The van der Waals surface area contributed by atoms with Crippen molar-refractivity contribution in [1.82, 2.24) is 4.57 Å². The molecule has 0 unspecified atom stereocenters. The molecule has 0 amide bonds. The van der Waals surface area contributed by atoms with Crippen LogP contribution < -0.4 is 24.4 Å². The van der Waals surface area contributed by atoms with Crippen molar-refractivity contribution in [2.24, 2.45) is 4.99 Å². The van der Waals surface area contributed by atoms with E-state index in [9.17, 15) is 14.9 Å². The van der Waals surface area contributed by atoms with Gasteiger partial charge in [0.05, 0.1) is 35.4 Å². The number of benzene rings is 3. The molecule has 220 valence electrons. The maximum atomic E-state index is 14.1. The summed E-state index contributed by atoms with van der Waals surface area (Å²) in [4.78, 5) is 30.6. The van der Waals surface area contributed by atoms with Crippen molar-refractivity contribution in [1.29, 1.82) is 0 Å². The number of nitro groups is 1. The summed E-state index contributed by atoms with van der Waals surface area (Å²) < 4.78 is 19.5. The summed E-state index contributed by atoms with van der Waals surface area (Å²) in [5, 5.41) is 11.2. The molecule has 3 aromatic carbocycles. The molecule has 0 fully saturated rings. The van der Waals surface area contributed by atoms with Crippen LogP contribution in [0.25, 0.3) is 23.1 Å². The maximum Gasteiger partial charge on any atom is 0.271 e. The van der Waals surface area contributed by atoms with Gasteiger partial charge in [0.1, 0.15) is 11.5 Å². The van der Waals surface area contributed by atoms with E-state index in [1.165, 1.54) is 29.0 Å². The van der Waals surface area contributed by atoms with E-state index >= 15 is 0 Å². The van der Waals surface area contributed by atoms with Crippen molar-refractivity contribution in [2.75, 3.05) is 14.2 Å². The Morgan fingerprint density at radius 3 is 2.59 bits per heavy atom. The number of aromatic nitrogens is 1. The monoisotopic (exact) mass is 605 g/mol. The minimum absolute atomic E-state index is 0.0218. The van der Waals surface area contributed by atoms with Crippen molar-refractivity contribution >= 4 is 28.8 Å². The number of ether oxygens (including phenoxy) is 2. The van der Waals surface area contributed by atoms with Gasteiger partial charge >= 0.3 is 0 Å². The highest BCUT2D eigenvalue weighted by Crippen LogP contribution is 2.42. The number of furan rings is 1. The van der Waals surface area contributed by atoms with E-state index in [1.54, 1.807) is 50.0 Å². The topological polar surface area (TPSA) is 109 Å². The first-order chi connectivity index (χ1) is 21.4. The number of rotatable bonds is 6. The summed E-state index contributed by atoms with van der Waals surface area (Å²) in [6, 6.07) is 21.9. The molecule has 0 bridgehead atoms. The van der Waals surface area contributed by atoms with Crippen molar-refractivity contribution in [3.8, 4) is 22.8 Å². The van der Waals surface area contributed by atoms with Crippen LogP contribution in [-0.4, -0.2) is 23.7 Å². The zero-order chi connectivity index (χ0) is 30.5. The Kier molecular flexibility index (Phi) is 6.78. The average Bonchev–Trinajstić information content (AvgIpc) is 3.63. The highest BCUT2D eigenvalue weighted by Gasteiger charge is 2.33. The Balaban J connectivity index is 1.38. The highest BCUT2D eigenvalue weighted by molar-refractivity contribution is 7.07. The van der Waals surface area contributed by atoms with Crippen molar-refractivity contribution < 1.29 is 18.8 Å². The molecule has 1 aliphatic carbocycles. The molecular formula is C34H27N3O6S. The quantitative estimate of drug-likeness (QED) is 0.178. The van der Waals surface area contributed by atoms with Gasteiger partial charge in [-0.3, -0.25) is 19.5 Å². The van der Waals surface area contributed by atoms with E-state index in [0.29, 0.717) is 32.4 Å². The molecule has 9 nitrogen and oxygen atoms in total. The van der Waals surface area contributed by atoms with Crippen LogP contribution in [0, 0.1) is 17.0 Å². The zero-order valence-corrected chi connectivity index (χ0v) is 25.0. The number of thiazole rings is 1. The molecule has 2 aromatic heterocycles. The molecular weight excluding hydrogens is 578 g/mol. The lowest BCUT2D eigenvalue weighted by Crippen LogP contribution is -2.38. The fourth-order valence-electron chi connectivity index (χ4n) is 6.09. The van der Waals surface area contributed by atoms with Crippen LogP contribution in [0.15, 0.2) is 92.6 Å². The van der Waals surface area contributed by atoms with Gasteiger partial charge in [0.2, 0.25) is 0 Å². The SMILES string of the molecule is COc1ccc([C@H]2C3=C(N=c4s/c(=C\c5ccc(-c6ccc([N+](=O)[O-])cc6C)o5)c(=O)n42)c2ccccc2CC3)cc1OC. The summed E-state index contributed by atoms with van der Waals surface area (Å²) in [5.74, 6) is 2.27. The summed E-state index contributed by atoms with van der Waals surface area (Å²) in [5.41, 5.74) is 6.56. The summed E-state index contributed by atoms with van der Waals surface area (Å²) in [7, 11) is 3.20. The molecule has 44 heavy (non-hydrogen) atoms. The van der Waals surface area contributed by atoms with Crippen LogP contribution in [-0.2, 0) is 6.42 Å². The third-order valence-electron chi connectivity index (χ3n) is 8.18. The Morgan fingerprint density at radius 1 is 1.00 bits per heavy atom. The van der Waals surface area contributed by atoms with Gasteiger partial charge in [-0.15, -0.1) is 0 Å². The molecule has 0 saturated carbocycles. The first kappa shape index (κ1) is 27.6. The van der Waals surface area contributed by atoms with E-state index in [4.69, 9.17) is 18.9 Å². The van der Waals surface area contributed by atoms with Crippen LogP contribution in [0.4, 0.5) is 5.69 Å². The first-order valence-electron chi connectivity index (χ1n) is 14.1. The van der Waals surface area contributed by atoms with Gasteiger partial charge < -0.3 is 13.9 Å². The first-order valence-corrected chi connectivity index (χ1v) is 14.9. The summed E-state index contributed by atoms with van der Waals surface area (Å²) in [6.45, 7) is 1.80. The maximum absolute atomic E-state index is 14.1. The van der Waals surface area contributed by atoms with Crippen LogP contribution in [0.1, 0.15) is 40.5 Å². The summed E-state index contributed by atoms with van der Waals surface area (Å²) in [6.07, 6.45) is 3.36. The molecule has 2 aliphatic rings. The number of nitro benzene ring substituents is 1. The van der Waals surface area contributed by atoms with Crippen molar-refractivity contribution in [2.45, 2.75) is 25.8 Å². The third-order valence-corrected chi connectivity index (χ3v) is 9.17. The Labute approximate surface area is 255 Å². The number of aryl methyl sites for hydroxylation is 2. The van der Waals surface area contributed by atoms with E-state index in [-0.39, 0.29) is 17.3 Å². The average molecular weight is 606 g/mol. The van der Waals surface area contributed by atoms with Gasteiger partial charge in [0.25, 0.3) is 11.2 Å². The molecule has 1 atom stereocenters. The second kappa shape index (κ2) is 10.8. The molecule has 0 N–H and O–H groups in total. The van der Waals surface area contributed by atoms with Crippen molar-refractivity contribution in [3.05, 3.63) is 136 Å². The normalized spacial score (nSPS) is 15.7. The minimum Gasteiger partial charge on any atom is -0.493 e.